The summed E-state index contributed by atoms with van der Waals surface area (Å²) in [5.74, 6) is 0. The summed E-state index contributed by atoms with van der Waals surface area (Å²) < 4.78 is 3.77. The van der Waals surface area contributed by atoms with Gasteiger partial charge in [-0.15, -0.1) is 5.10 Å². The van der Waals surface area contributed by atoms with Crippen LogP contribution >= 0.6 is 11.5 Å². The zero-order valence-corrected chi connectivity index (χ0v) is 8.58. The number of nitrogens with one attached hydrogen (secondary N) is 1. The molecular formula is C9H10N4S. The van der Waals surface area contributed by atoms with Gasteiger partial charge in [-0.25, -0.2) is 0 Å². The van der Waals surface area contributed by atoms with Gasteiger partial charge in [-0.05, 0) is 18.6 Å². The molecule has 0 aliphatic rings. The van der Waals surface area contributed by atoms with Crippen molar-refractivity contribution in [2.45, 2.75) is 13.5 Å². The molecule has 72 valence electrons. The average molecular weight is 206 g/mol. The van der Waals surface area contributed by atoms with Gasteiger partial charge < -0.3 is 5.32 Å². The highest BCUT2D eigenvalue weighted by Gasteiger charge is 1.99. The number of hydrogen-bond acceptors (Lipinski definition) is 5. The molecule has 0 saturated heterocycles. The van der Waals surface area contributed by atoms with E-state index in [1.807, 2.05) is 13.0 Å². The van der Waals surface area contributed by atoms with Crippen LogP contribution in [0.15, 0.2) is 24.5 Å². The molecule has 2 heterocycles. The number of aromatic nitrogens is 3. The van der Waals surface area contributed by atoms with Crippen LogP contribution in [-0.2, 0) is 6.54 Å². The van der Waals surface area contributed by atoms with Crippen molar-refractivity contribution in [2.75, 3.05) is 5.32 Å². The summed E-state index contributed by atoms with van der Waals surface area (Å²) in [6.07, 6.45) is 3.52. The van der Waals surface area contributed by atoms with Gasteiger partial charge in [-0.2, -0.15) is 0 Å². The third kappa shape index (κ3) is 2.05. The van der Waals surface area contributed by atoms with Crippen LogP contribution in [0.2, 0.25) is 0 Å². The van der Waals surface area contributed by atoms with Gasteiger partial charge in [0.15, 0.2) is 0 Å². The topological polar surface area (TPSA) is 50.7 Å². The molecular weight excluding hydrogens is 196 g/mol. The SMILES string of the molecule is Cc1ncccc1CNc1cnns1. The Morgan fingerprint density at radius 2 is 2.43 bits per heavy atom. The molecule has 14 heavy (non-hydrogen) atoms. The summed E-state index contributed by atoms with van der Waals surface area (Å²) in [4.78, 5) is 4.21. The highest BCUT2D eigenvalue weighted by molar-refractivity contribution is 7.09. The first-order chi connectivity index (χ1) is 6.86. The van der Waals surface area contributed by atoms with Crippen molar-refractivity contribution < 1.29 is 0 Å². The summed E-state index contributed by atoms with van der Waals surface area (Å²) in [5.41, 5.74) is 2.25. The second-order valence-corrected chi connectivity index (χ2v) is 3.67. The zero-order chi connectivity index (χ0) is 9.80. The predicted octanol–water partition coefficient (Wildman–Crippen LogP) is 1.85. The fourth-order valence-corrected chi connectivity index (χ4v) is 1.55. The van der Waals surface area contributed by atoms with Crippen LogP contribution in [0.25, 0.3) is 0 Å². The third-order valence-electron chi connectivity index (χ3n) is 1.93. The van der Waals surface area contributed by atoms with Gasteiger partial charge in [0, 0.05) is 30.0 Å². The minimum atomic E-state index is 0.767. The average Bonchev–Trinajstić information content (AvgIpc) is 2.69. The van der Waals surface area contributed by atoms with E-state index >= 15 is 0 Å². The summed E-state index contributed by atoms with van der Waals surface area (Å²) in [7, 11) is 0. The first-order valence-corrected chi connectivity index (χ1v) is 5.05. The molecule has 1 N–H and O–H groups in total. The Balaban J connectivity index is 2.02. The molecule has 0 radical (unpaired) electrons. The number of nitrogens with zero attached hydrogens (tertiary/aromatic N) is 3. The Hall–Kier alpha value is -1.49. The lowest BCUT2D eigenvalue weighted by atomic mass is 10.2. The molecule has 0 bridgehead atoms. The van der Waals surface area contributed by atoms with Crippen LogP contribution in [0.1, 0.15) is 11.3 Å². The maximum absolute atomic E-state index is 4.21. The fourth-order valence-electron chi connectivity index (χ4n) is 1.13. The number of hydrogen-bond donors (Lipinski definition) is 1. The highest BCUT2D eigenvalue weighted by atomic mass is 32.1. The van der Waals surface area contributed by atoms with Crippen LogP contribution in [0.5, 0.6) is 0 Å². The Labute approximate surface area is 86.2 Å². The Morgan fingerprint density at radius 3 is 3.14 bits per heavy atom. The van der Waals surface area contributed by atoms with Gasteiger partial charge in [0.2, 0.25) is 0 Å². The van der Waals surface area contributed by atoms with E-state index in [9.17, 15) is 0 Å². The standard InChI is InChI=1S/C9H10N4S/c1-7-8(3-2-4-10-7)5-11-9-6-12-13-14-9/h2-4,6,11H,5H2,1H3. The second-order valence-electron chi connectivity index (χ2n) is 2.88. The lowest BCUT2D eigenvalue weighted by molar-refractivity contribution is 1.06. The molecule has 0 saturated carbocycles. The monoisotopic (exact) mass is 206 g/mol. The normalized spacial score (nSPS) is 10.1. The van der Waals surface area contributed by atoms with Crippen molar-refractivity contribution >= 4 is 16.5 Å². The third-order valence-corrected chi connectivity index (χ3v) is 2.55. The lowest BCUT2D eigenvalue weighted by Crippen LogP contribution is -2.00. The maximum atomic E-state index is 4.21. The van der Waals surface area contributed by atoms with E-state index in [4.69, 9.17) is 0 Å². The van der Waals surface area contributed by atoms with Gasteiger partial charge >= 0.3 is 0 Å². The molecule has 0 unspecified atom stereocenters. The van der Waals surface area contributed by atoms with Crippen LogP contribution in [0.4, 0.5) is 5.00 Å². The summed E-state index contributed by atoms with van der Waals surface area (Å²) >= 11 is 1.36. The first-order valence-electron chi connectivity index (χ1n) is 4.28. The Kier molecular flexibility index (Phi) is 2.69. The van der Waals surface area contributed by atoms with E-state index in [1.165, 1.54) is 17.1 Å². The molecule has 0 aliphatic heterocycles. The number of anilines is 1. The largest absolute Gasteiger partial charge is 0.370 e. The van der Waals surface area contributed by atoms with Gasteiger partial charge in [0.25, 0.3) is 0 Å². The van der Waals surface area contributed by atoms with Gasteiger partial charge in [0.1, 0.15) is 5.00 Å². The van der Waals surface area contributed by atoms with E-state index < -0.39 is 0 Å². The molecule has 2 aromatic heterocycles. The van der Waals surface area contributed by atoms with Crippen LogP contribution in [0, 0.1) is 6.92 Å². The Morgan fingerprint density at radius 1 is 1.50 bits per heavy atom. The molecule has 4 nitrogen and oxygen atoms in total. The van der Waals surface area contributed by atoms with E-state index in [0.29, 0.717) is 0 Å². The number of pyridine rings is 1. The number of rotatable bonds is 3. The Bertz CT molecular complexity index is 399. The molecule has 0 fully saturated rings. The summed E-state index contributed by atoms with van der Waals surface area (Å²) in [6, 6.07) is 4.00. The maximum Gasteiger partial charge on any atom is 0.130 e. The van der Waals surface area contributed by atoms with Crippen molar-refractivity contribution in [1.82, 2.24) is 14.6 Å². The van der Waals surface area contributed by atoms with Crippen LogP contribution in [0.3, 0.4) is 0 Å². The number of aryl methyl sites for hydroxylation is 1. The molecule has 0 aliphatic carbocycles. The van der Waals surface area contributed by atoms with Crippen molar-refractivity contribution in [3.05, 3.63) is 35.8 Å². The second kappa shape index (κ2) is 4.15. The van der Waals surface area contributed by atoms with Gasteiger partial charge in [-0.1, -0.05) is 10.6 Å². The van der Waals surface area contributed by atoms with Crippen LogP contribution < -0.4 is 5.32 Å². The smallest absolute Gasteiger partial charge is 0.130 e. The van der Waals surface area contributed by atoms with Crippen molar-refractivity contribution in [3.8, 4) is 0 Å². The van der Waals surface area contributed by atoms with Gasteiger partial charge in [-0.3, -0.25) is 4.98 Å². The van der Waals surface area contributed by atoms with E-state index in [0.717, 1.165) is 17.2 Å². The molecule has 2 rings (SSSR count). The van der Waals surface area contributed by atoms with Crippen molar-refractivity contribution in [2.24, 2.45) is 0 Å². The highest BCUT2D eigenvalue weighted by Crippen LogP contribution is 2.12. The lowest BCUT2D eigenvalue weighted by Gasteiger charge is -2.04. The fraction of sp³-hybridized carbons (Fsp3) is 0.222. The molecule has 5 heteroatoms. The van der Waals surface area contributed by atoms with E-state index in [1.54, 1.807) is 12.4 Å². The minimum absolute atomic E-state index is 0.767. The minimum Gasteiger partial charge on any atom is -0.370 e. The molecule has 0 spiro atoms. The first kappa shape index (κ1) is 9.08. The van der Waals surface area contributed by atoms with Crippen molar-refractivity contribution in [1.29, 1.82) is 0 Å². The molecule has 0 aromatic carbocycles. The summed E-state index contributed by atoms with van der Waals surface area (Å²) in [6.45, 7) is 2.77. The summed E-state index contributed by atoms with van der Waals surface area (Å²) in [5, 5.41) is 7.96. The van der Waals surface area contributed by atoms with Gasteiger partial charge in [0.05, 0.1) is 6.20 Å². The molecule has 2 aromatic rings. The van der Waals surface area contributed by atoms with E-state index in [-0.39, 0.29) is 0 Å². The van der Waals surface area contributed by atoms with Crippen molar-refractivity contribution in [3.63, 3.8) is 0 Å². The predicted molar refractivity (Wildman–Crippen MR) is 56.2 cm³/mol. The van der Waals surface area contributed by atoms with E-state index in [2.05, 4.69) is 26.0 Å². The molecule has 0 amide bonds. The van der Waals surface area contributed by atoms with Crippen LogP contribution in [-0.4, -0.2) is 14.6 Å². The molecule has 0 atom stereocenters. The zero-order valence-electron chi connectivity index (χ0n) is 7.77. The quantitative estimate of drug-likeness (QED) is 0.832.